The number of esters is 2. The first-order valence-corrected chi connectivity index (χ1v) is 6.00. The number of carbonyl (C=O) groups is 2. The molecule has 88 valence electrons. The molecular formula is C11H14O4S. The Kier molecular flexibility index (Phi) is 4.98. The van der Waals surface area contributed by atoms with Crippen molar-refractivity contribution in [3.05, 3.63) is 22.4 Å². The van der Waals surface area contributed by atoms with E-state index < -0.39 is 17.9 Å². The predicted octanol–water partition coefficient (Wildman–Crippen LogP) is 1.96. The maximum Gasteiger partial charge on any atom is 0.324 e. The first-order chi connectivity index (χ1) is 7.70. The van der Waals surface area contributed by atoms with Crippen molar-refractivity contribution in [2.45, 2.75) is 19.8 Å². The van der Waals surface area contributed by atoms with Crippen LogP contribution in [0.15, 0.2) is 16.8 Å². The van der Waals surface area contributed by atoms with Gasteiger partial charge >= 0.3 is 11.9 Å². The lowest BCUT2D eigenvalue weighted by Crippen LogP contribution is -2.25. The Bertz CT molecular complexity index is 327. The summed E-state index contributed by atoms with van der Waals surface area (Å²) < 4.78 is 9.72. The zero-order valence-corrected chi connectivity index (χ0v) is 10.1. The summed E-state index contributed by atoms with van der Waals surface area (Å²) in [4.78, 5) is 23.3. The van der Waals surface area contributed by atoms with E-state index in [1.165, 1.54) is 11.3 Å². The molecule has 0 bridgehead atoms. The summed E-state index contributed by atoms with van der Waals surface area (Å²) in [5.74, 6) is -2.06. The van der Waals surface area contributed by atoms with E-state index in [-0.39, 0.29) is 13.2 Å². The van der Waals surface area contributed by atoms with Crippen LogP contribution in [0.5, 0.6) is 0 Å². The Morgan fingerprint density at radius 3 is 2.19 bits per heavy atom. The van der Waals surface area contributed by atoms with Gasteiger partial charge in [-0.05, 0) is 36.2 Å². The van der Waals surface area contributed by atoms with Gasteiger partial charge in [-0.15, -0.1) is 0 Å². The van der Waals surface area contributed by atoms with Crippen molar-refractivity contribution in [3.63, 3.8) is 0 Å². The SMILES string of the molecule is CCOC(=O)C(C(=O)OCC)c1ccsc1. The standard InChI is InChI=1S/C11H14O4S/c1-3-14-10(12)9(11(13)15-4-2)8-5-6-16-7-8/h5-7,9H,3-4H2,1-2H3. The highest BCUT2D eigenvalue weighted by Crippen LogP contribution is 2.21. The second kappa shape index (κ2) is 6.27. The minimum atomic E-state index is -0.953. The molecule has 0 spiro atoms. The summed E-state index contributed by atoms with van der Waals surface area (Å²) in [5, 5.41) is 3.55. The van der Waals surface area contributed by atoms with E-state index in [0.717, 1.165) is 0 Å². The number of thiophene rings is 1. The first kappa shape index (κ1) is 12.7. The maximum atomic E-state index is 11.6. The second-order valence-corrected chi connectivity index (χ2v) is 3.77. The van der Waals surface area contributed by atoms with Crippen LogP contribution in [0.2, 0.25) is 0 Å². The Hall–Kier alpha value is -1.36. The molecule has 0 aromatic carbocycles. The van der Waals surface area contributed by atoms with E-state index in [1.54, 1.807) is 30.7 Å². The molecule has 0 amide bonds. The first-order valence-electron chi connectivity index (χ1n) is 5.06. The molecule has 0 atom stereocenters. The topological polar surface area (TPSA) is 52.6 Å². The van der Waals surface area contributed by atoms with Crippen LogP contribution in [-0.2, 0) is 19.1 Å². The number of hydrogen-bond donors (Lipinski definition) is 0. The normalized spacial score (nSPS) is 10.2. The quantitative estimate of drug-likeness (QED) is 0.585. The minimum absolute atomic E-state index is 0.249. The number of ether oxygens (including phenoxy) is 2. The molecule has 0 aliphatic carbocycles. The van der Waals surface area contributed by atoms with Crippen molar-refractivity contribution in [2.24, 2.45) is 0 Å². The van der Waals surface area contributed by atoms with Crippen molar-refractivity contribution in [1.29, 1.82) is 0 Å². The molecule has 0 unspecified atom stereocenters. The van der Waals surface area contributed by atoms with E-state index in [4.69, 9.17) is 9.47 Å². The van der Waals surface area contributed by atoms with Crippen molar-refractivity contribution >= 4 is 23.3 Å². The third kappa shape index (κ3) is 3.06. The molecule has 0 aliphatic heterocycles. The third-order valence-corrected chi connectivity index (χ3v) is 2.62. The summed E-state index contributed by atoms with van der Waals surface area (Å²) >= 11 is 1.42. The van der Waals surface area contributed by atoms with Crippen LogP contribution in [0.3, 0.4) is 0 Å². The fraction of sp³-hybridized carbons (Fsp3) is 0.455. The molecule has 5 heteroatoms. The molecule has 0 saturated carbocycles. The molecule has 0 aliphatic rings. The van der Waals surface area contributed by atoms with Gasteiger partial charge in [0.1, 0.15) is 0 Å². The van der Waals surface area contributed by atoms with Gasteiger partial charge in [-0.2, -0.15) is 11.3 Å². The third-order valence-electron chi connectivity index (χ3n) is 1.92. The smallest absolute Gasteiger partial charge is 0.324 e. The number of carbonyl (C=O) groups excluding carboxylic acids is 2. The lowest BCUT2D eigenvalue weighted by molar-refractivity contribution is -0.156. The van der Waals surface area contributed by atoms with Gasteiger partial charge in [0, 0.05) is 0 Å². The molecule has 0 saturated heterocycles. The van der Waals surface area contributed by atoms with E-state index >= 15 is 0 Å². The highest BCUT2D eigenvalue weighted by Gasteiger charge is 2.31. The number of rotatable bonds is 5. The average Bonchev–Trinajstić information content (AvgIpc) is 2.72. The fourth-order valence-electron chi connectivity index (χ4n) is 1.26. The Balaban J connectivity index is 2.85. The van der Waals surface area contributed by atoms with Gasteiger partial charge in [-0.25, -0.2) is 0 Å². The maximum absolute atomic E-state index is 11.6. The fourth-order valence-corrected chi connectivity index (χ4v) is 1.94. The van der Waals surface area contributed by atoms with Gasteiger partial charge in [0.15, 0.2) is 5.92 Å². The molecule has 16 heavy (non-hydrogen) atoms. The van der Waals surface area contributed by atoms with Crippen molar-refractivity contribution in [3.8, 4) is 0 Å². The summed E-state index contributed by atoms with van der Waals surface area (Å²) in [5.41, 5.74) is 0.627. The molecule has 1 rings (SSSR count). The molecular weight excluding hydrogens is 228 g/mol. The monoisotopic (exact) mass is 242 g/mol. The Morgan fingerprint density at radius 2 is 1.81 bits per heavy atom. The van der Waals surface area contributed by atoms with Gasteiger partial charge < -0.3 is 9.47 Å². The molecule has 1 aromatic heterocycles. The summed E-state index contributed by atoms with van der Waals surface area (Å²) in [6.07, 6.45) is 0. The van der Waals surface area contributed by atoms with E-state index in [2.05, 4.69) is 0 Å². The van der Waals surface area contributed by atoms with E-state index in [1.807, 2.05) is 0 Å². The van der Waals surface area contributed by atoms with Gasteiger partial charge in [-0.3, -0.25) is 9.59 Å². The Labute approximate surface area is 98.2 Å². The lowest BCUT2D eigenvalue weighted by atomic mass is 10.0. The van der Waals surface area contributed by atoms with Crippen LogP contribution in [0, 0.1) is 0 Å². The average molecular weight is 242 g/mol. The van der Waals surface area contributed by atoms with Crippen LogP contribution in [0.4, 0.5) is 0 Å². The van der Waals surface area contributed by atoms with Crippen molar-refractivity contribution in [1.82, 2.24) is 0 Å². The van der Waals surface area contributed by atoms with Gasteiger partial charge in [0.05, 0.1) is 13.2 Å². The van der Waals surface area contributed by atoms with E-state index in [9.17, 15) is 9.59 Å². The summed E-state index contributed by atoms with van der Waals surface area (Å²) in [6.45, 7) is 3.90. The van der Waals surface area contributed by atoms with Crippen molar-refractivity contribution in [2.75, 3.05) is 13.2 Å². The second-order valence-electron chi connectivity index (χ2n) is 2.99. The zero-order valence-electron chi connectivity index (χ0n) is 9.26. The van der Waals surface area contributed by atoms with Crippen LogP contribution in [0.1, 0.15) is 25.3 Å². The van der Waals surface area contributed by atoms with Crippen LogP contribution < -0.4 is 0 Å². The zero-order chi connectivity index (χ0) is 12.0. The predicted molar refractivity (Wildman–Crippen MR) is 60.3 cm³/mol. The highest BCUT2D eigenvalue weighted by atomic mass is 32.1. The van der Waals surface area contributed by atoms with Gasteiger partial charge in [-0.1, -0.05) is 0 Å². The van der Waals surface area contributed by atoms with Crippen LogP contribution in [0.25, 0.3) is 0 Å². The number of hydrogen-bond acceptors (Lipinski definition) is 5. The molecule has 0 fully saturated rings. The molecule has 1 heterocycles. The Morgan fingerprint density at radius 1 is 1.25 bits per heavy atom. The minimum Gasteiger partial charge on any atom is -0.465 e. The van der Waals surface area contributed by atoms with Crippen LogP contribution in [-0.4, -0.2) is 25.2 Å². The highest BCUT2D eigenvalue weighted by molar-refractivity contribution is 7.08. The molecule has 0 radical (unpaired) electrons. The molecule has 0 N–H and O–H groups in total. The van der Waals surface area contributed by atoms with Gasteiger partial charge in [0.25, 0.3) is 0 Å². The van der Waals surface area contributed by atoms with Crippen LogP contribution >= 0.6 is 11.3 Å². The lowest BCUT2D eigenvalue weighted by Gasteiger charge is -2.12. The van der Waals surface area contributed by atoms with E-state index in [0.29, 0.717) is 5.56 Å². The molecule has 4 nitrogen and oxygen atoms in total. The summed E-state index contributed by atoms with van der Waals surface area (Å²) in [6, 6.07) is 1.73. The van der Waals surface area contributed by atoms with Gasteiger partial charge in [0.2, 0.25) is 0 Å². The largest absolute Gasteiger partial charge is 0.465 e. The molecule has 1 aromatic rings. The van der Waals surface area contributed by atoms with Crippen molar-refractivity contribution < 1.29 is 19.1 Å². The summed E-state index contributed by atoms with van der Waals surface area (Å²) in [7, 11) is 0.